The van der Waals surface area contributed by atoms with Gasteiger partial charge in [-0.25, -0.2) is 0 Å². The lowest BCUT2D eigenvalue weighted by molar-refractivity contribution is -0.140. The van der Waals surface area contributed by atoms with Crippen molar-refractivity contribution in [3.63, 3.8) is 0 Å². The Labute approximate surface area is 150 Å². The van der Waals surface area contributed by atoms with Crippen LogP contribution in [0.1, 0.15) is 19.3 Å². The summed E-state index contributed by atoms with van der Waals surface area (Å²) in [6, 6.07) is 7.07. The molecule has 3 aliphatic rings. The molecule has 4 rings (SSSR count). The number of allylic oxidation sites excluding steroid dienone is 2. The molecule has 7 nitrogen and oxygen atoms in total. The summed E-state index contributed by atoms with van der Waals surface area (Å²) in [4.78, 5) is 52.1. The Kier molecular flexibility index (Phi) is 4.06. The summed E-state index contributed by atoms with van der Waals surface area (Å²) in [5.74, 6) is -1.49. The first-order valence-electron chi connectivity index (χ1n) is 8.75. The maximum atomic E-state index is 12.7. The predicted octanol–water partition coefficient (Wildman–Crippen LogP) is 1.31. The first-order chi connectivity index (χ1) is 12.6. The van der Waals surface area contributed by atoms with Crippen LogP contribution in [0, 0.1) is 11.8 Å². The van der Waals surface area contributed by atoms with Crippen molar-refractivity contribution in [2.24, 2.45) is 11.8 Å². The molecule has 1 N–H and O–H groups in total. The molecule has 0 saturated carbocycles. The molecule has 1 fully saturated rings. The van der Waals surface area contributed by atoms with E-state index in [0.29, 0.717) is 24.2 Å². The first-order valence-corrected chi connectivity index (χ1v) is 8.75. The normalized spacial score (nSPS) is 24.4. The lowest BCUT2D eigenvalue weighted by atomic mass is 9.85. The van der Waals surface area contributed by atoms with E-state index in [1.807, 2.05) is 12.2 Å². The van der Waals surface area contributed by atoms with E-state index in [0.717, 1.165) is 0 Å². The topological polar surface area (TPSA) is 86.8 Å². The number of amides is 4. The third-order valence-corrected chi connectivity index (χ3v) is 5.22. The van der Waals surface area contributed by atoms with Gasteiger partial charge in [0.05, 0.1) is 23.2 Å². The second-order valence-electron chi connectivity index (χ2n) is 6.78. The highest BCUT2D eigenvalue weighted by atomic mass is 16.2. The van der Waals surface area contributed by atoms with E-state index in [9.17, 15) is 19.2 Å². The molecule has 1 aromatic rings. The van der Waals surface area contributed by atoms with Crippen molar-refractivity contribution in [3.8, 4) is 0 Å². The summed E-state index contributed by atoms with van der Waals surface area (Å²) in [6.45, 7) is -0.00328. The SMILES string of the molecule is O=C1CN(C(=O)CCN2C(=O)[C@H]3CC=CC[C@H]3C2=O)c2ccccc2N1. The maximum absolute atomic E-state index is 12.7. The van der Waals surface area contributed by atoms with Crippen LogP contribution < -0.4 is 10.2 Å². The lowest BCUT2D eigenvalue weighted by Gasteiger charge is -2.29. The number of anilines is 2. The second kappa shape index (κ2) is 6.40. The highest BCUT2D eigenvalue weighted by Gasteiger charge is 2.47. The van der Waals surface area contributed by atoms with Gasteiger partial charge >= 0.3 is 0 Å². The number of hydrogen-bond donors (Lipinski definition) is 1. The highest BCUT2D eigenvalue weighted by Crippen LogP contribution is 2.35. The fourth-order valence-electron chi connectivity index (χ4n) is 3.89. The number of para-hydroxylation sites is 2. The molecule has 0 radical (unpaired) electrons. The highest BCUT2D eigenvalue weighted by molar-refractivity contribution is 6.10. The van der Waals surface area contributed by atoms with Gasteiger partial charge in [-0.1, -0.05) is 24.3 Å². The van der Waals surface area contributed by atoms with Gasteiger partial charge in [-0.05, 0) is 25.0 Å². The van der Waals surface area contributed by atoms with Crippen molar-refractivity contribution < 1.29 is 19.2 Å². The number of likely N-dealkylation sites (tertiary alicyclic amines) is 1. The molecule has 1 aromatic carbocycles. The summed E-state index contributed by atoms with van der Waals surface area (Å²) in [6.07, 6.45) is 5.04. The van der Waals surface area contributed by atoms with Crippen LogP contribution in [0.5, 0.6) is 0 Å². The number of imide groups is 1. The van der Waals surface area contributed by atoms with Crippen LogP contribution >= 0.6 is 0 Å². The minimum atomic E-state index is -0.288. The number of hydrogen-bond acceptors (Lipinski definition) is 4. The number of carbonyl (C=O) groups is 4. The Bertz CT molecular complexity index is 806. The molecule has 2 heterocycles. The largest absolute Gasteiger partial charge is 0.323 e. The zero-order chi connectivity index (χ0) is 18.3. The van der Waals surface area contributed by atoms with E-state index in [4.69, 9.17) is 0 Å². The molecule has 4 amide bonds. The first kappa shape index (κ1) is 16.5. The third kappa shape index (κ3) is 2.69. The van der Waals surface area contributed by atoms with Crippen LogP contribution in [-0.2, 0) is 19.2 Å². The molecule has 26 heavy (non-hydrogen) atoms. The number of rotatable bonds is 3. The summed E-state index contributed by atoms with van der Waals surface area (Å²) >= 11 is 0. The van der Waals surface area contributed by atoms with Crippen molar-refractivity contribution in [2.45, 2.75) is 19.3 Å². The van der Waals surface area contributed by atoms with Crippen LogP contribution in [0.15, 0.2) is 36.4 Å². The second-order valence-corrected chi connectivity index (χ2v) is 6.78. The Morgan fingerprint density at radius 3 is 2.38 bits per heavy atom. The van der Waals surface area contributed by atoms with Crippen molar-refractivity contribution in [3.05, 3.63) is 36.4 Å². The smallest absolute Gasteiger partial charge is 0.244 e. The van der Waals surface area contributed by atoms with E-state index >= 15 is 0 Å². The van der Waals surface area contributed by atoms with Crippen molar-refractivity contribution in [1.82, 2.24) is 4.90 Å². The van der Waals surface area contributed by atoms with E-state index in [1.54, 1.807) is 24.3 Å². The van der Waals surface area contributed by atoms with Crippen LogP contribution in [0.3, 0.4) is 0 Å². The Hall–Kier alpha value is -2.96. The maximum Gasteiger partial charge on any atom is 0.244 e. The van der Waals surface area contributed by atoms with Crippen LogP contribution in [0.2, 0.25) is 0 Å². The third-order valence-electron chi connectivity index (χ3n) is 5.22. The average Bonchev–Trinajstić information content (AvgIpc) is 2.90. The van der Waals surface area contributed by atoms with Gasteiger partial charge in [-0.2, -0.15) is 0 Å². The molecule has 2 atom stereocenters. The molecule has 0 bridgehead atoms. The number of fused-ring (bicyclic) bond motifs is 2. The zero-order valence-corrected chi connectivity index (χ0v) is 14.2. The van der Waals surface area contributed by atoms with Crippen LogP contribution in [0.25, 0.3) is 0 Å². The lowest BCUT2D eigenvalue weighted by Crippen LogP contribution is -2.43. The van der Waals surface area contributed by atoms with Gasteiger partial charge in [0.25, 0.3) is 0 Å². The van der Waals surface area contributed by atoms with Crippen LogP contribution in [-0.4, -0.2) is 41.6 Å². The minimum absolute atomic E-state index is 0.00592. The number of carbonyl (C=O) groups excluding carboxylic acids is 4. The Morgan fingerprint density at radius 1 is 1.04 bits per heavy atom. The van der Waals surface area contributed by atoms with Gasteiger partial charge in [0.1, 0.15) is 6.54 Å². The van der Waals surface area contributed by atoms with Gasteiger partial charge in [0, 0.05) is 13.0 Å². The van der Waals surface area contributed by atoms with E-state index in [-0.39, 0.29) is 55.0 Å². The van der Waals surface area contributed by atoms with Crippen LogP contribution in [0.4, 0.5) is 11.4 Å². The molecule has 0 spiro atoms. The average molecular weight is 353 g/mol. The summed E-state index contributed by atoms with van der Waals surface area (Å²) < 4.78 is 0. The van der Waals surface area contributed by atoms with Crippen molar-refractivity contribution >= 4 is 35.0 Å². The Morgan fingerprint density at radius 2 is 1.69 bits per heavy atom. The van der Waals surface area contributed by atoms with Gasteiger partial charge in [0.15, 0.2) is 0 Å². The molecule has 2 aliphatic heterocycles. The molecule has 1 saturated heterocycles. The summed E-state index contributed by atoms with van der Waals surface area (Å²) in [7, 11) is 0. The summed E-state index contributed by atoms with van der Waals surface area (Å²) in [5, 5.41) is 2.73. The van der Waals surface area contributed by atoms with Gasteiger partial charge in [-0.3, -0.25) is 24.1 Å². The van der Waals surface area contributed by atoms with E-state index in [2.05, 4.69) is 5.32 Å². The number of nitrogens with one attached hydrogen (secondary N) is 1. The fourth-order valence-corrected chi connectivity index (χ4v) is 3.89. The minimum Gasteiger partial charge on any atom is -0.323 e. The summed E-state index contributed by atoms with van der Waals surface area (Å²) in [5.41, 5.74) is 1.22. The van der Waals surface area contributed by atoms with E-state index in [1.165, 1.54) is 9.80 Å². The molecule has 7 heteroatoms. The standard InChI is InChI=1S/C19H19N3O4/c23-16-11-22(15-8-4-3-7-14(15)20-16)17(24)9-10-21-18(25)12-5-1-2-6-13(12)19(21)26/h1-4,7-8,12-13H,5-6,9-11H2,(H,20,23)/t12-,13+. The van der Waals surface area contributed by atoms with Crippen molar-refractivity contribution in [2.75, 3.05) is 23.3 Å². The molecule has 1 aliphatic carbocycles. The fraction of sp³-hybridized carbons (Fsp3) is 0.368. The van der Waals surface area contributed by atoms with Gasteiger partial charge in [-0.15, -0.1) is 0 Å². The zero-order valence-electron chi connectivity index (χ0n) is 14.2. The monoisotopic (exact) mass is 353 g/mol. The number of nitrogens with zero attached hydrogens (tertiary/aromatic N) is 2. The predicted molar refractivity (Wildman–Crippen MR) is 94.1 cm³/mol. The van der Waals surface area contributed by atoms with Crippen molar-refractivity contribution in [1.29, 1.82) is 0 Å². The molecule has 0 aromatic heterocycles. The molecule has 0 unspecified atom stereocenters. The van der Waals surface area contributed by atoms with Gasteiger partial charge < -0.3 is 10.2 Å². The molecule has 134 valence electrons. The Balaban J connectivity index is 1.46. The molecular formula is C19H19N3O4. The molecular weight excluding hydrogens is 334 g/mol. The van der Waals surface area contributed by atoms with Gasteiger partial charge in [0.2, 0.25) is 23.6 Å². The number of benzene rings is 1. The van der Waals surface area contributed by atoms with E-state index < -0.39 is 0 Å². The quantitative estimate of drug-likeness (QED) is 0.656.